The molecule has 0 aromatic rings. The average Bonchev–Trinajstić information content (AvgIpc) is 2.57. The third-order valence-corrected chi connectivity index (χ3v) is 5.18. The normalized spacial score (nSPS) is 25.9. The Morgan fingerprint density at radius 1 is 1.40 bits per heavy atom. The van der Waals surface area contributed by atoms with Gasteiger partial charge in [0.2, 0.25) is 5.91 Å². The molecule has 0 unspecified atom stereocenters. The number of piperidine rings is 1. The number of hydrogen-bond donors (Lipinski definition) is 6. The van der Waals surface area contributed by atoms with Crippen molar-refractivity contribution in [1.29, 1.82) is 0 Å². The van der Waals surface area contributed by atoms with Crippen molar-refractivity contribution in [1.82, 2.24) is 10.6 Å². The first-order chi connectivity index (χ1) is 11.7. The molecule has 1 aliphatic heterocycles. The number of carbonyl (C=O) groups is 2. The molecule has 9 heteroatoms. The molecule has 25 heavy (non-hydrogen) atoms. The fourth-order valence-electron chi connectivity index (χ4n) is 3.23. The predicted octanol–water partition coefficient (Wildman–Crippen LogP) is -0.305. The first-order valence-electron chi connectivity index (χ1n) is 9.12. The summed E-state index contributed by atoms with van der Waals surface area (Å²) in [5, 5.41) is 33.4. The van der Waals surface area contributed by atoms with Crippen LogP contribution >= 0.6 is 0 Å². The van der Waals surface area contributed by atoms with Gasteiger partial charge < -0.3 is 31.5 Å². The van der Waals surface area contributed by atoms with Crippen LogP contribution in [-0.2, 0) is 9.59 Å². The number of nitrogens with two attached hydrogens (primary N) is 1. The summed E-state index contributed by atoms with van der Waals surface area (Å²) >= 11 is 0. The predicted molar refractivity (Wildman–Crippen MR) is 95.8 cm³/mol. The molecule has 1 rings (SSSR count). The van der Waals surface area contributed by atoms with Crippen LogP contribution in [0.25, 0.3) is 0 Å². The van der Waals surface area contributed by atoms with Crippen molar-refractivity contribution < 1.29 is 24.7 Å². The van der Waals surface area contributed by atoms with Gasteiger partial charge in [0.05, 0.1) is 6.04 Å². The van der Waals surface area contributed by atoms with Crippen molar-refractivity contribution in [3.05, 3.63) is 0 Å². The third kappa shape index (κ3) is 6.58. The number of nitrogens with one attached hydrogen (secondary N) is 2. The van der Waals surface area contributed by atoms with Crippen molar-refractivity contribution >= 4 is 19.0 Å². The van der Waals surface area contributed by atoms with Crippen molar-refractivity contribution in [3.8, 4) is 0 Å². The highest BCUT2D eigenvalue weighted by Crippen LogP contribution is 2.26. The zero-order chi connectivity index (χ0) is 19.0. The van der Waals surface area contributed by atoms with Crippen LogP contribution in [0, 0.1) is 5.92 Å². The van der Waals surface area contributed by atoms with Gasteiger partial charge in [0.25, 0.3) is 0 Å². The van der Waals surface area contributed by atoms with E-state index < -0.39 is 24.7 Å². The van der Waals surface area contributed by atoms with Crippen molar-refractivity contribution in [2.45, 2.75) is 76.3 Å². The summed E-state index contributed by atoms with van der Waals surface area (Å²) in [5.74, 6) is -1.11. The molecule has 1 fully saturated rings. The lowest BCUT2D eigenvalue weighted by molar-refractivity contribution is -0.147. The zero-order valence-electron chi connectivity index (χ0n) is 15.2. The van der Waals surface area contributed by atoms with Gasteiger partial charge in [-0.2, -0.15) is 0 Å². The highest BCUT2D eigenvalue weighted by atomic mass is 16.4. The molecule has 0 bridgehead atoms. The van der Waals surface area contributed by atoms with Crippen LogP contribution in [0.5, 0.6) is 0 Å². The fraction of sp³-hybridized carbons (Fsp3) is 0.875. The van der Waals surface area contributed by atoms with Gasteiger partial charge in [-0.25, -0.2) is 0 Å². The standard InChI is InChI=1S/C16H32BN3O5/c1-3-11(2)13(18)14(21)20-12-6-9-19-16(10-12,15(22)23)7-4-5-8-17(24)25/h11-13,19,24-25H,3-10,18H2,1-2H3,(H,20,21)(H,22,23)/t11-,12-,13-,16+/m0/s1. The minimum Gasteiger partial charge on any atom is -0.480 e. The number of carboxylic acids is 1. The summed E-state index contributed by atoms with van der Waals surface area (Å²) in [7, 11) is -1.37. The van der Waals surface area contributed by atoms with Crippen molar-refractivity contribution in [2.24, 2.45) is 11.7 Å². The topological polar surface area (TPSA) is 145 Å². The Hall–Kier alpha value is -1.16. The second-order valence-corrected chi connectivity index (χ2v) is 7.15. The maximum absolute atomic E-state index is 12.3. The van der Waals surface area contributed by atoms with Crippen LogP contribution in [0.2, 0.25) is 6.32 Å². The third-order valence-electron chi connectivity index (χ3n) is 5.18. The van der Waals surface area contributed by atoms with E-state index in [1.807, 2.05) is 13.8 Å². The van der Waals surface area contributed by atoms with E-state index in [0.29, 0.717) is 38.6 Å². The molecule has 7 N–H and O–H groups in total. The number of unbranched alkanes of at least 4 members (excludes halogenated alkanes) is 1. The Bertz CT molecular complexity index is 451. The Morgan fingerprint density at radius 3 is 2.64 bits per heavy atom. The summed E-state index contributed by atoms with van der Waals surface area (Å²) in [6.45, 7) is 4.39. The first-order valence-corrected chi connectivity index (χ1v) is 9.12. The lowest BCUT2D eigenvalue weighted by Crippen LogP contribution is -2.61. The number of rotatable bonds is 10. The van der Waals surface area contributed by atoms with Crippen LogP contribution in [-0.4, -0.2) is 58.3 Å². The zero-order valence-corrected chi connectivity index (χ0v) is 15.2. The highest BCUT2D eigenvalue weighted by molar-refractivity contribution is 6.40. The van der Waals surface area contributed by atoms with Gasteiger partial charge in [-0.3, -0.25) is 9.59 Å². The summed E-state index contributed by atoms with van der Waals surface area (Å²) in [4.78, 5) is 24.1. The van der Waals surface area contributed by atoms with E-state index in [1.54, 1.807) is 0 Å². The van der Waals surface area contributed by atoms with E-state index in [9.17, 15) is 14.7 Å². The van der Waals surface area contributed by atoms with Crippen molar-refractivity contribution in [2.75, 3.05) is 6.54 Å². The molecule has 1 heterocycles. The molecule has 0 aromatic heterocycles. The molecule has 0 radical (unpaired) electrons. The Morgan fingerprint density at radius 2 is 2.08 bits per heavy atom. The summed E-state index contributed by atoms with van der Waals surface area (Å²) in [6.07, 6.45) is 3.44. The number of hydrogen-bond acceptors (Lipinski definition) is 6. The van der Waals surface area contributed by atoms with Gasteiger partial charge in [0.1, 0.15) is 5.54 Å². The summed E-state index contributed by atoms with van der Waals surface area (Å²) < 4.78 is 0. The second-order valence-electron chi connectivity index (χ2n) is 7.15. The molecule has 8 nitrogen and oxygen atoms in total. The molecular weight excluding hydrogens is 325 g/mol. The van der Waals surface area contributed by atoms with E-state index in [4.69, 9.17) is 15.8 Å². The minimum atomic E-state index is -1.37. The van der Waals surface area contributed by atoms with Gasteiger partial charge in [-0.15, -0.1) is 0 Å². The molecular formula is C16H32BN3O5. The maximum atomic E-state index is 12.3. The van der Waals surface area contributed by atoms with Crippen LogP contribution in [0.1, 0.15) is 52.4 Å². The van der Waals surface area contributed by atoms with E-state index >= 15 is 0 Å². The first kappa shape index (κ1) is 21.9. The number of carboxylic acid groups (broad SMARTS) is 1. The fourth-order valence-corrected chi connectivity index (χ4v) is 3.23. The molecule has 0 spiro atoms. The smallest absolute Gasteiger partial charge is 0.451 e. The molecule has 0 aromatic carbocycles. The largest absolute Gasteiger partial charge is 0.480 e. The van der Waals surface area contributed by atoms with Gasteiger partial charge in [0.15, 0.2) is 0 Å². The lowest BCUT2D eigenvalue weighted by Gasteiger charge is -2.39. The quantitative estimate of drug-likeness (QED) is 0.232. The van der Waals surface area contributed by atoms with Gasteiger partial charge in [-0.05, 0) is 38.0 Å². The molecule has 1 aliphatic rings. The van der Waals surface area contributed by atoms with E-state index in [-0.39, 0.29) is 24.2 Å². The molecule has 4 atom stereocenters. The lowest BCUT2D eigenvalue weighted by atomic mass is 9.78. The molecule has 0 saturated carbocycles. The van der Waals surface area contributed by atoms with Crippen LogP contribution in [0.15, 0.2) is 0 Å². The SMILES string of the molecule is CC[C@H](C)[C@H](N)C(=O)N[C@H]1CCN[C@@](CCCCB(O)O)(C(=O)O)C1. The van der Waals surface area contributed by atoms with Gasteiger partial charge in [-0.1, -0.05) is 33.1 Å². The van der Waals surface area contributed by atoms with Crippen LogP contribution in [0.3, 0.4) is 0 Å². The molecule has 1 amide bonds. The Balaban J connectivity index is 2.64. The Labute approximate surface area is 149 Å². The number of carbonyl (C=O) groups excluding carboxylic acids is 1. The van der Waals surface area contributed by atoms with Crippen LogP contribution < -0.4 is 16.4 Å². The second kappa shape index (κ2) is 10.1. The highest BCUT2D eigenvalue weighted by Gasteiger charge is 2.43. The summed E-state index contributed by atoms with van der Waals surface area (Å²) in [6, 6.07) is -0.825. The Kier molecular flexibility index (Phi) is 8.85. The average molecular weight is 357 g/mol. The molecule has 144 valence electrons. The molecule has 0 aliphatic carbocycles. The van der Waals surface area contributed by atoms with E-state index in [2.05, 4.69) is 10.6 Å². The number of amides is 1. The van der Waals surface area contributed by atoms with Crippen LogP contribution in [0.4, 0.5) is 0 Å². The van der Waals surface area contributed by atoms with Crippen molar-refractivity contribution in [3.63, 3.8) is 0 Å². The van der Waals surface area contributed by atoms with E-state index in [0.717, 1.165) is 6.42 Å². The monoisotopic (exact) mass is 357 g/mol. The number of aliphatic carboxylic acids is 1. The van der Waals surface area contributed by atoms with Gasteiger partial charge in [0, 0.05) is 6.04 Å². The maximum Gasteiger partial charge on any atom is 0.451 e. The minimum absolute atomic E-state index is 0.0656. The summed E-state index contributed by atoms with van der Waals surface area (Å²) in [5.41, 5.74) is 4.85. The van der Waals surface area contributed by atoms with Gasteiger partial charge >= 0.3 is 13.1 Å². The van der Waals surface area contributed by atoms with E-state index in [1.165, 1.54) is 0 Å². The molecule has 1 saturated heterocycles.